The third-order valence-electron chi connectivity index (χ3n) is 6.15. The number of carbonyl (C=O) groups excluding carboxylic acids is 2. The van der Waals surface area contributed by atoms with Gasteiger partial charge in [-0.1, -0.05) is 38.8 Å². The third-order valence-corrected chi connectivity index (χ3v) is 6.15. The second-order valence-electron chi connectivity index (χ2n) is 8.54. The first-order chi connectivity index (χ1) is 14.7. The van der Waals surface area contributed by atoms with Gasteiger partial charge < -0.3 is 15.1 Å². The quantitative estimate of drug-likeness (QED) is 0.759. The summed E-state index contributed by atoms with van der Waals surface area (Å²) in [6.07, 6.45) is -1.69. The van der Waals surface area contributed by atoms with Crippen LogP contribution in [0.1, 0.15) is 45.1 Å². The number of benzene rings is 1. The highest BCUT2D eigenvalue weighted by Gasteiger charge is 2.51. The van der Waals surface area contributed by atoms with Gasteiger partial charge >= 0.3 is 6.18 Å². The number of anilines is 1. The van der Waals surface area contributed by atoms with Crippen molar-refractivity contribution in [2.24, 2.45) is 11.0 Å². The van der Waals surface area contributed by atoms with Crippen molar-refractivity contribution in [2.45, 2.75) is 64.0 Å². The van der Waals surface area contributed by atoms with Crippen LogP contribution in [-0.2, 0) is 15.8 Å². The average Bonchev–Trinajstić information content (AvgIpc) is 3.16. The molecule has 0 aromatic heterocycles. The fourth-order valence-electron chi connectivity index (χ4n) is 4.82. The number of hydrogen-bond donors (Lipinski definition) is 2. The molecule has 7 nitrogen and oxygen atoms in total. The van der Waals surface area contributed by atoms with Gasteiger partial charge in [-0.05, 0) is 25.0 Å². The van der Waals surface area contributed by atoms with Crippen LogP contribution >= 0.6 is 0 Å². The maximum absolute atomic E-state index is 13.2. The second kappa shape index (κ2) is 8.05. The van der Waals surface area contributed by atoms with Gasteiger partial charge in [0.15, 0.2) is 6.17 Å². The van der Waals surface area contributed by atoms with Crippen molar-refractivity contribution < 1.29 is 22.8 Å². The number of nitrogens with zero attached hydrogens (tertiary/aromatic N) is 3. The zero-order chi connectivity index (χ0) is 22.3. The summed E-state index contributed by atoms with van der Waals surface area (Å²) in [5.74, 6) is 0.0488. The predicted molar refractivity (Wildman–Crippen MR) is 109 cm³/mol. The molecule has 1 aromatic carbocycles. The summed E-state index contributed by atoms with van der Waals surface area (Å²) in [4.78, 5) is 29.5. The standard InChI is InChI=1S/C21H26F3N5O2/c1-12(2)18-26-27-19-20(31)28(15-9-5-6-10-16(15)29(18)19)11-17(30)25-14-8-4-3-7-13(14)21(22,23)24/h3-4,7-8,12,15-16,19,27H,5-6,9-11H2,1-2H3,(H,25,30). The molecule has 168 valence electrons. The Labute approximate surface area is 178 Å². The number of alkyl halides is 3. The minimum absolute atomic E-state index is 0.0304. The van der Waals surface area contributed by atoms with E-state index in [9.17, 15) is 22.8 Å². The molecule has 31 heavy (non-hydrogen) atoms. The minimum Gasteiger partial charge on any atom is -0.325 e. The molecule has 3 aliphatic rings. The molecule has 1 aromatic rings. The molecule has 1 saturated heterocycles. The molecule has 2 aliphatic heterocycles. The van der Waals surface area contributed by atoms with Crippen molar-refractivity contribution in [3.63, 3.8) is 0 Å². The lowest BCUT2D eigenvalue weighted by Gasteiger charge is -2.51. The molecule has 2 heterocycles. The Morgan fingerprint density at radius 3 is 2.58 bits per heavy atom. The van der Waals surface area contributed by atoms with E-state index in [1.807, 2.05) is 18.7 Å². The van der Waals surface area contributed by atoms with E-state index in [0.717, 1.165) is 37.6 Å². The molecule has 1 saturated carbocycles. The molecule has 2 N–H and O–H groups in total. The molecular weight excluding hydrogens is 411 g/mol. The van der Waals surface area contributed by atoms with Crippen molar-refractivity contribution in [3.05, 3.63) is 29.8 Å². The van der Waals surface area contributed by atoms with Crippen molar-refractivity contribution in [3.8, 4) is 0 Å². The topological polar surface area (TPSA) is 77.0 Å². The molecule has 0 radical (unpaired) electrons. The number of piperazine rings is 1. The van der Waals surface area contributed by atoms with Crippen LogP contribution in [0.25, 0.3) is 0 Å². The van der Waals surface area contributed by atoms with Crippen LogP contribution in [0.5, 0.6) is 0 Å². The summed E-state index contributed by atoms with van der Waals surface area (Å²) in [5, 5.41) is 6.71. The number of carbonyl (C=O) groups is 2. The monoisotopic (exact) mass is 437 g/mol. The summed E-state index contributed by atoms with van der Waals surface area (Å²) in [6, 6.07) is 4.69. The van der Waals surface area contributed by atoms with Gasteiger partial charge in [0, 0.05) is 5.92 Å². The zero-order valence-electron chi connectivity index (χ0n) is 17.4. The van der Waals surface area contributed by atoms with E-state index in [-0.39, 0.29) is 36.1 Å². The van der Waals surface area contributed by atoms with Crippen LogP contribution in [0, 0.1) is 5.92 Å². The SMILES string of the molecule is CC(C)C1=NNC2C(=O)N(CC(=O)Nc3ccccc3C(F)(F)F)C3CCCCC3N12. The number of fused-ring (bicyclic) bond motifs is 3. The smallest absolute Gasteiger partial charge is 0.325 e. The number of rotatable bonds is 4. The first kappa shape index (κ1) is 21.5. The van der Waals surface area contributed by atoms with Gasteiger partial charge in [-0.25, -0.2) is 0 Å². The van der Waals surface area contributed by atoms with Crippen LogP contribution in [0.15, 0.2) is 29.4 Å². The first-order valence-corrected chi connectivity index (χ1v) is 10.6. The van der Waals surface area contributed by atoms with Gasteiger partial charge in [-0.15, -0.1) is 0 Å². The maximum Gasteiger partial charge on any atom is 0.418 e. The molecule has 2 fully saturated rings. The van der Waals surface area contributed by atoms with Gasteiger partial charge in [0.05, 0.1) is 23.3 Å². The largest absolute Gasteiger partial charge is 0.418 e. The Morgan fingerprint density at radius 2 is 1.90 bits per heavy atom. The van der Waals surface area contributed by atoms with Crippen LogP contribution in [0.4, 0.5) is 18.9 Å². The van der Waals surface area contributed by atoms with E-state index in [0.29, 0.717) is 0 Å². The summed E-state index contributed by atoms with van der Waals surface area (Å²) in [6.45, 7) is 3.74. The van der Waals surface area contributed by atoms with Gasteiger partial charge in [0.2, 0.25) is 5.91 Å². The van der Waals surface area contributed by atoms with E-state index in [1.54, 1.807) is 0 Å². The Hall–Kier alpha value is -2.78. The number of para-hydroxylation sites is 1. The van der Waals surface area contributed by atoms with Crippen LogP contribution < -0.4 is 10.7 Å². The van der Waals surface area contributed by atoms with E-state index < -0.39 is 23.8 Å². The Balaban J connectivity index is 1.54. The minimum atomic E-state index is -4.59. The van der Waals surface area contributed by atoms with E-state index >= 15 is 0 Å². The number of hydrogen-bond acceptors (Lipinski definition) is 5. The Bertz CT molecular complexity index is 901. The highest BCUT2D eigenvalue weighted by Crippen LogP contribution is 2.37. The summed E-state index contributed by atoms with van der Waals surface area (Å²) >= 11 is 0. The van der Waals surface area contributed by atoms with Gasteiger partial charge in [-0.3, -0.25) is 15.0 Å². The lowest BCUT2D eigenvalue weighted by Crippen LogP contribution is -2.70. The Kier molecular flexibility index (Phi) is 5.57. The number of hydrazone groups is 1. The van der Waals surface area contributed by atoms with Crippen LogP contribution in [-0.4, -0.2) is 52.2 Å². The lowest BCUT2D eigenvalue weighted by molar-refractivity contribution is -0.151. The lowest BCUT2D eigenvalue weighted by atomic mass is 9.85. The molecule has 0 bridgehead atoms. The van der Waals surface area contributed by atoms with Gasteiger partial charge in [0.1, 0.15) is 12.4 Å². The highest BCUT2D eigenvalue weighted by atomic mass is 19.4. The van der Waals surface area contributed by atoms with E-state index in [2.05, 4.69) is 15.8 Å². The zero-order valence-corrected chi connectivity index (χ0v) is 17.4. The number of amidine groups is 1. The van der Waals surface area contributed by atoms with E-state index in [4.69, 9.17) is 0 Å². The van der Waals surface area contributed by atoms with Crippen molar-refractivity contribution in [1.82, 2.24) is 15.2 Å². The second-order valence-corrected chi connectivity index (χ2v) is 8.54. The van der Waals surface area contributed by atoms with E-state index in [1.165, 1.54) is 23.1 Å². The highest BCUT2D eigenvalue weighted by molar-refractivity contribution is 5.98. The number of amides is 2. The fourth-order valence-corrected chi connectivity index (χ4v) is 4.82. The third kappa shape index (κ3) is 3.95. The molecule has 0 spiro atoms. The summed E-state index contributed by atoms with van der Waals surface area (Å²) in [5.41, 5.74) is 1.67. The number of halogens is 3. The normalized spacial score (nSPS) is 25.7. The van der Waals surface area contributed by atoms with Crippen molar-refractivity contribution in [2.75, 3.05) is 11.9 Å². The summed E-state index contributed by atoms with van der Waals surface area (Å²) < 4.78 is 39.7. The molecular formula is C21H26F3N5O2. The Morgan fingerprint density at radius 1 is 1.23 bits per heavy atom. The molecule has 4 rings (SSSR count). The maximum atomic E-state index is 13.2. The van der Waals surface area contributed by atoms with Crippen molar-refractivity contribution >= 4 is 23.3 Å². The first-order valence-electron chi connectivity index (χ1n) is 10.6. The molecule has 1 aliphatic carbocycles. The molecule has 3 unspecified atom stereocenters. The number of nitrogens with one attached hydrogen (secondary N) is 2. The van der Waals surface area contributed by atoms with Crippen LogP contribution in [0.3, 0.4) is 0 Å². The molecule has 3 atom stereocenters. The average molecular weight is 437 g/mol. The van der Waals surface area contributed by atoms with Gasteiger partial charge in [-0.2, -0.15) is 18.3 Å². The van der Waals surface area contributed by atoms with Gasteiger partial charge in [0.25, 0.3) is 5.91 Å². The predicted octanol–water partition coefficient (Wildman–Crippen LogP) is 3.00. The van der Waals surface area contributed by atoms with Crippen molar-refractivity contribution in [1.29, 1.82) is 0 Å². The van der Waals surface area contributed by atoms with Crippen LogP contribution in [0.2, 0.25) is 0 Å². The summed E-state index contributed by atoms with van der Waals surface area (Å²) in [7, 11) is 0. The molecule has 2 amide bonds. The molecule has 10 heteroatoms. The fraction of sp³-hybridized carbons (Fsp3) is 0.571.